The molecule has 0 radical (unpaired) electrons. The molecule has 1 N–H and O–H groups in total. The smallest absolute Gasteiger partial charge is 0.220 e. The van der Waals surface area contributed by atoms with Gasteiger partial charge in [-0.2, -0.15) is 0 Å². The van der Waals surface area contributed by atoms with Crippen LogP contribution in [0.25, 0.3) is 0 Å². The molecule has 1 atom stereocenters. The molecule has 0 saturated carbocycles. The molecule has 0 saturated heterocycles. The molecule has 25 heavy (non-hydrogen) atoms. The lowest BCUT2D eigenvalue weighted by atomic mass is 10.1. The zero-order valence-corrected chi connectivity index (χ0v) is 15.4. The maximum absolute atomic E-state index is 12.1. The van der Waals surface area contributed by atoms with Crippen LogP contribution in [0.15, 0.2) is 54.6 Å². The van der Waals surface area contributed by atoms with Gasteiger partial charge < -0.3 is 15.0 Å². The Morgan fingerprint density at radius 2 is 1.88 bits per heavy atom. The number of aryl methyl sites for hydroxylation is 1. The number of ether oxygens (including phenoxy) is 1. The molecule has 2 aromatic rings. The molecule has 0 fully saturated rings. The van der Waals surface area contributed by atoms with Gasteiger partial charge in [0.15, 0.2) is 0 Å². The lowest BCUT2D eigenvalue weighted by molar-refractivity contribution is -0.121. The highest BCUT2D eigenvalue weighted by molar-refractivity contribution is 5.75. The van der Waals surface area contributed by atoms with Crippen molar-refractivity contribution >= 4 is 5.91 Å². The molecule has 0 bridgehead atoms. The molecule has 2 rings (SSSR count). The first-order valence-corrected chi connectivity index (χ1v) is 8.74. The van der Waals surface area contributed by atoms with E-state index in [1.807, 2.05) is 63.5 Å². The number of hydrogen-bond acceptors (Lipinski definition) is 3. The minimum atomic E-state index is 0.0654. The number of nitrogens with zero attached hydrogens (tertiary/aromatic N) is 1. The third kappa shape index (κ3) is 6.59. The van der Waals surface area contributed by atoms with Gasteiger partial charge in [0.1, 0.15) is 5.75 Å². The van der Waals surface area contributed by atoms with Crippen LogP contribution in [0.5, 0.6) is 5.75 Å². The fourth-order valence-electron chi connectivity index (χ4n) is 2.70. The zero-order valence-electron chi connectivity index (χ0n) is 15.4. The quantitative estimate of drug-likeness (QED) is 0.710. The molecule has 2 aromatic carbocycles. The Labute approximate surface area is 150 Å². The Bertz CT molecular complexity index is 656. The lowest BCUT2D eigenvalue weighted by Gasteiger charge is -2.25. The van der Waals surface area contributed by atoms with Crippen LogP contribution in [0.1, 0.15) is 30.0 Å². The van der Waals surface area contributed by atoms with Gasteiger partial charge in [-0.25, -0.2) is 0 Å². The van der Waals surface area contributed by atoms with Crippen LogP contribution >= 0.6 is 0 Å². The number of amides is 1. The number of likely N-dealkylation sites (N-methyl/N-ethyl adjacent to an activating group) is 1. The summed E-state index contributed by atoms with van der Waals surface area (Å²) in [6, 6.07) is 18.4. The van der Waals surface area contributed by atoms with Crippen molar-refractivity contribution in [3.05, 3.63) is 65.7 Å². The molecule has 4 nitrogen and oxygen atoms in total. The molecule has 0 heterocycles. The van der Waals surface area contributed by atoms with Gasteiger partial charge in [-0.3, -0.25) is 4.79 Å². The van der Waals surface area contributed by atoms with Crippen LogP contribution in [0, 0.1) is 6.92 Å². The Hall–Kier alpha value is -2.33. The van der Waals surface area contributed by atoms with E-state index < -0.39 is 0 Å². The van der Waals surface area contributed by atoms with Gasteiger partial charge >= 0.3 is 0 Å². The Morgan fingerprint density at radius 1 is 1.12 bits per heavy atom. The number of rotatable bonds is 9. The average molecular weight is 340 g/mol. The summed E-state index contributed by atoms with van der Waals surface area (Å²) in [5, 5.41) is 3.03. The van der Waals surface area contributed by atoms with Gasteiger partial charge in [0.25, 0.3) is 0 Å². The second-order valence-electron chi connectivity index (χ2n) is 6.46. The molecular weight excluding hydrogens is 312 g/mol. The van der Waals surface area contributed by atoms with E-state index >= 15 is 0 Å². The molecule has 0 aliphatic carbocycles. The number of carbonyl (C=O) groups excluding carboxylic acids is 1. The lowest BCUT2D eigenvalue weighted by Crippen LogP contribution is -2.34. The van der Waals surface area contributed by atoms with Crippen LogP contribution in [0.2, 0.25) is 0 Å². The summed E-state index contributed by atoms with van der Waals surface area (Å²) in [5.74, 6) is 0.924. The minimum Gasteiger partial charge on any atom is -0.494 e. The molecule has 0 aliphatic rings. The Balaban J connectivity index is 1.70. The van der Waals surface area contributed by atoms with Gasteiger partial charge in [0, 0.05) is 13.0 Å². The van der Waals surface area contributed by atoms with E-state index in [1.165, 1.54) is 11.1 Å². The zero-order chi connectivity index (χ0) is 18.1. The highest BCUT2D eigenvalue weighted by Gasteiger charge is 2.14. The summed E-state index contributed by atoms with van der Waals surface area (Å²) < 4.78 is 5.68. The summed E-state index contributed by atoms with van der Waals surface area (Å²) in [6.45, 7) is 3.19. The Morgan fingerprint density at radius 3 is 2.56 bits per heavy atom. The maximum Gasteiger partial charge on any atom is 0.220 e. The average Bonchev–Trinajstić information content (AvgIpc) is 2.60. The van der Waals surface area contributed by atoms with Crippen LogP contribution in [-0.2, 0) is 4.79 Å². The van der Waals surface area contributed by atoms with E-state index in [9.17, 15) is 4.79 Å². The Kier molecular flexibility index (Phi) is 7.48. The van der Waals surface area contributed by atoms with E-state index in [0.717, 1.165) is 5.75 Å². The summed E-state index contributed by atoms with van der Waals surface area (Å²) in [6.07, 6.45) is 1.18. The van der Waals surface area contributed by atoms with E-state index in [2.05, 4.69) is 22.3 Å². The molecule has 0 aromatic heterocycles. The molecular formula is C21H28N2O2. The molecule has 1 amide bonds. The standard InChI is InChI=1S/C21H28N2O2/c1-17-9-7-12-19(15-17)25-14-8-13-21(24)22-16-20(23(2)3)18-10-5-4-6-11-18/h4-7,9-12,15,20H,8,13-14,16H2,1-3H3,(H,22,24)/t20-/m1/s1. The van der Waals surface area contributed by atoms with Crippen LogP contribution in [0.4, 0.5) is 0 Å². The fourth-order valence-corrected chi connectivity index (χ4v) is 2.70. The highest BCUT2D eigenvalue weighted by atomic mass is 16.5. The van der Waals surface area contributed by atoms with E-state index in [-0.39, 0.29) is 11.9 Å². The third-order valence-electron chi connectivity index (χ3n) is 4.11. The second kappa shape index (κ2) is 9.84. The molecule has 134 valence electrons. The summed E-state index contributed by atoms with van der Waals surface area (Å²) in [5.41, 5.74) is 2.38. The second-order valence-corrected chi connectivity index (χ2v) is 6.46. The van der Waals surface area contributed by atoms with E-state index in [0.29, 0.717) is 26.0 Å². The van der Waals surface area contributed by atoms with Gasteiger partial charge in [0.05, 0.1) is 12.6 Å². The number of hydrogen-bond donors (Lipinski definition) is 1. The predicted octanol–water partition coefficient (Wildman–Crippen LogP) is 3.57. The first-order valence-electron chi connectivity index (χ1n) is 8.74. The van der Waals surface area contributed by atoms with E-state index in [4.69, 9.17) is 4.74 Å². The van der Waals surface area contributed by atoms with Crippen molar-refractivity contribution in [2.75, 3.05) is 27.2 Å². The van der Waals surface area contributed by atoms with Crippen molar-refractivity contribution in [2.45, 2.75) is 25.8 Å². The van der Waals surface area contributed by atoms with Crippen LogP contribution in [0.3, 0.4) is 0 Å². The number of nitrogens with one attached hydrogen (secondary N) is 1. The third-order valence-corrected chi connectivity index (χ3v) is 4.11. The molecule has 0 spiro atoms. The van der Waals surface area contributed by atoms with Crippen molar-refractivity contribution < 1.29 is 9.53 Å². The largest absolute Gasteiger partial charge is 0.494 e. The summed E-state index contributed by atoms with van der Waals surface area (Å²) in [7, 11) is 4.05. The van der Waals surface area contributed by atoms with Crippen molar-refractivity contribution in [3.63, 3.8) is 0 Å². The number of benzene rings is 2. The van der Waals surface area contributed by atoms with Crippen molar-refractivity contribution in [3.8, 4) is 5.75 Å². The first kappa shape index (κ1) is 19.0. The maximum atomic E-state index is 12.1. The van der Waals surface area contributed by atoms with E-state index in [1.54, 1.807) is 0 Å². The normalized spacial score (nSPS) is 12.0. The van der Waals surface area contributed by atoms with Crippen LogP contribution < -0.4 is 10.1 Å². The molecule has 0 unspecified atom stereocenters. The topological polar surface area (TPSA) is 41.6 Å². The monoisotopic (exact) mass is 340 g/mol. The first-order chi connectivity index (χ1) is 12.1. The number of carbonyl (C=O) groups is 1. The SMILES string of the molecule is Cc1cccc(OCCCC(=O)NC[C@H](c2ccccc2)N(C)C)c1. The fraction of sp³-hybridized carbons (Fsp3) is 0.381. The van der Waals surface area contributed by atoms with Crippen LogP contribution in [-0.4, -0.2) is 38.1 Å². The molecule has 0 aliphatic heterocycles. The highest BCUT2D eigenvalue weighted by Crippen LogP contribution is 2.17. The van der Waals surface area contributed by atoms with Crippen molar-refractivity contribution in [1.82, 2.24) is 10.2 Å². The minimum absolute atomic E-state index is 0.0654. The summed E-state index contributed by atoms with van der Waals surface area (Å²) in [4.78, 5) is 14.2. The van der Waals surface area contributed by atoms with Gasteiger partial charge in [-0.1, -0.05) is 42.5 Å². The van der Waals surface area contributed by atoms with Gasteiger partial charge in [-0.15, -0.1) is 0 Å². The predicted molar refractivity (Wildman–Crippen MR) is 102 cm³/mol. The van der Waals surface area contributed by atoms with Gasteiger partial charge in [-0.05, 0) is 50.7 Å². The van der Waals surface area contributed by atoms with Crippen molar-refractivity contribution in [2.24, 2.45) is 0 Å². The summed E-state index contributed by atoms with van der Waals surface area (Å²) >= 11 is 0. The molecule has 4 heteroatoms. The van der Waals surface area contributed by atoms with Gasteiger partial charge in [0.2, 0.25) is 5.91 Å². The van der Waals surface area contributed by atoms with Crippen molar-refractivity contribution in [1.29, 1.82) is 0 Å².